The van der Waals surface area contributed by atoms with E-state index in [0.717, 1.165) is 36.5 Å². The summed E-state index contributed by atoms with van der Waals surface area (Å²) in [4.78, 5) is 12.2. The predicted octanol–water partition coefficient (Wildman–Crippen LogP) is 1.80. The van der Waals surface area contributed by atoms with Gasteiger partial charge in [-0.3, -0.25) is 4.68 Å². The third-order valence-corrected chi connectivity index (χ3v) is 4.13. The largest absolute Gasteiger partial charge is 0.394 e. The van der Waals surface area contributed by atoms with Crippen molar-refractivity contribution >= 4 is 11.7 Å². The molecule has 0 saturated heterocycles. The van der Waals surface area contributed by atoms with Crippen molar-refractivity contribution in [3.05, 3.63) is 11.4 Å². The molecule has 0 aliphatic heterocycles. The Hall–Kier alpha value is -1.56. The molecule has 0 aromatic carbocycles. The number of carbonyl (C=O) groups excluding carboxylic acids is 1. The Kier molecular flexibility index (Phi) is 4.04. The number of nitrogens with zero attached hydrogens (tertiary/aromatic N) is 2. The molecule has 1 unspecified atom stereocenters. The van der Waals surface area contributed by atoms with Gasteiger partial charge in [-0.05, 0) is 46.5 Å². The number of carbonyl (C=O) groups is 1. The van der Waals surface area contributed by atoms with Gasteiger partial charge in [0.15, 0.2) is 0 Å². The highest BCUT2D eigenvalue weighted by atomic mass is 16.3. The number of hydrogen-bond acceptors (Lipinski definition) is 3. The number of aliphatic hydroxyl groups excluding tert-OH is 1. The average molecular weight is 280 g/mol. The van der Waals surface area contributed by atoms with Gasteiger partial charge in [0.1, 0.15) is 0 Å². The molecule has 1 aromatic heterocycles. The maximum Gasteiger partial charge on any atom is 0.319 e. The van der Waals surface area contributed by atoms with E-state index in [1.165, 1.54) is 0 Å². The van der Waals surface area contributed by atoms with E-state index < -0.39 is 5.54 Å². The van der Waals surface area contributed by atoms with E-state index in [0.29, 0.717) is 5.92 Å². The summed E-state index contributed by atoms with van der Waals surface area (Å²) >= 11 is 0. The Morgan fingerprint density at radius 3 is 2.60 bits per heavy atom. The van der Waals surface area contributed by atoms with Gasteiger partial charge in [-0.1, -0.05) is 0 Å². The van der Waals surface area contributed by atoms with E-state index >= 15 is 0 Å². The minimum atomic E-state index is -0.535. The molecule has 6 heteroatoms. The van der Waals surface area contributed by atoms with Crippen LogP contribution in [0.5, 0.6) is 0 Å². The van der Waals surface area contributed by atoms with Gasteiger partial charge in [-0.25, -0.2) is 4.79 Å². The lowest BCUT2D eigenvalue weighted by molar-refractivity contribution is 0.159. The number of aromatic nitrogens is 2. The topological polar surface area (TPSA) is 79.2 Å². The molecule has 0 bridgehead atoms. The minimum absolute atomic E-state index is 0.0444. The third-order valence-electron chi connectivity index (χ3n) is 4.13. The minimum Gasteiger partial charge on any atom is -0.394 e. The smallest absolute Gasteiger partial charge is 0.319 e. The fourth-order valence-corrected chi connectivity index (χ4v) is 2.58. The van der Waals surface area contributed by atoms with Crippen LogP contribution in [0.2, 0.25) is 0 Å². The average Bonchev–Trinajstić information content (AvgIpc) is 3.22. The molecular weight excluding hydrogens is 256 g/mol. The van der Waals surface area contributed by atoms with Crippen LogP contribution in [0.1, 0.15) is 38.1 Å². The summed E-state index contributed by atoms with van der Waals surface area (Å²) in [5.41, 5.74) is 1.96. The maximum absolute atomic E-state index is 12.2. The second-order valence-corrected chi connectivity index (χ2v) is 5.79. The fraction of sp³-hybridized carbons (Fsp3) is 0.714. The Balaban J connectivity index is 2.06. The molecule has 1 atom stereocenters. The molecule has 112 valence electrons. The van der Waals surface area contributed by atoms with E-state index in [2.05, 4.69) is 15.7 Å². The van der Waals surface area contributed by atoms with E-state index in [1.54, 1.807) is 0 Å². The number of amides is 2. The zero-order valence-corrected chi connectivity index (χ0v) is 12.7. The molecule has 2 amide bonds. The summed E-state index contributed by atoms with van der Waals surface area (Å²) in [5, 5.41) is 19.6. The van der Waals surface area contributed by atoms with Gasteiger partial charge < -0.3 is 15.7 Å². The van der Waals surface area contributed by atoms with Crippen LogP contribution in [-0.4, -0.2) is 33.1 Å². The molecule has 3 N–H and O–H groups in total. The number of aliphatic hydroxyl groups is 1. The van der Waals surface area contributed by atoms with Crippen molar-refractivity contribution in [1.29, 1.82) is 0 Å². The van der Waals surface area contributed by atoms with E-state index in [4.69, 9.17) is 0 Å². The molecule has 1 aliphatic rings. The molecule has 1 fully saturated rings. The highest BCUT2D eigenvalue weighted by Crippen LogP contribution is 2.39. The van der Waals surface area contributed by atoms with Crippen molar-refractivity contribution in [2.45, 2.75) is 52.6 Å². The van der Waals surface area contributed by atoms with Crippen molar-refractivity contribution in [2.75, 3.05) is 11.9 Å². The molecule has 1 aliphatic carbocycles. The number of anilines is 1. The molecule has 20 heavy (non-hydrogen) atoms. The van der Waals surface area contributed by atoms with Crippen LogP contribution in [0.25, 0.3) is 0 Å². The van der Waals surface area contributed by atoms with Crippen LogP contribution in [0.4, 0.5) is 10.5 Å². The van der Waals surface area contributed by atoms with Gasteiger partial charge >= 0.3 is 6.03 Å². The highest BCUT2D eigenvalue weighted by Gasteiger charge is 2.42. The quantitative estimate of drug-likeness (QED) is 0.769. The molecule has 1 aromatic rings. The summed E-state index contributed by atoms with van der Waals surface area (Å²) in [5.74, 6) is 0.374. The second-order valence-electron chi connectivity index (χ2n) is 5.79. The van der Waals surface area contributed by atoms with Crippen molar-refractivity contribution in [3.8, 4) is 0 Å². The number of rotatable bonds is 5. The Bertz CT molecular complexity index is 508. The molecule has 1 saturated carbocycles. The van der Waals surface area contributed by atoms with E-state index in [-0.39, 0.29) is 12.6 Å². The van der Waals surface area contributed by atoms with Crippen molar-refractivity contribution in [3.63, 3.8) is 0 Å². The van der Waals surface area contributed by atoms with Gasteiger partial charge in [0, 0.05) is 6.54 Å². The molecule has 0 radical (unpaired) electrons. The van der Waals surface area contributed by atoms with Gasteiger partial charge in [-0.2, -0.15) is 5.10 Å². The second kappa shape index (κ2) is 5.44. The van der Waals surface area contributed by atoms with Gasteiger partial charge in [0.25, 0.3) is 0 Å². The molecule has 2 rings (SSSR count). The Morgan fingerprint density at radius 1 is 1.50 bits per heavy atom. The summed E-state index contributed by atoms with van der Waals surface area (Å²) in [7, 11) is 0. The van der Waals surface area contributed by atoms with E-state index in [9.17, 15) is 9.90 Å². The summed E-state index contributed by atoms with van der Waals surface area (Å²) in [6.45, 7) is 8.44. The molecular formula is C14H24N4O2. The van der Waals surface area contributed by atoms with Crippen molar-refractivity contribution in [2.24, 2.45) is 5.92 Å². The predicted molar refractivity (Wildman–Crippen MR) is 77.7 cm³/mol. The number of hydrogen-bond donors (Lipinski definition) is 3. The van der Waals surface area contributed by atoms with Crippen LogP contribution in [0.15, 0.2) is 0 Å². The van der Waals surface area contributed by atoms with Crippen LogP contribution in [0.3, 0.4) is 0 Å². The summed E-state index contributed by atoms with van der Waals surface area (Å²) in [6.07, 6.45) is 2.12. The first kappa shape index (κ1) is 14.8. The molecule has 0 spiro atoms. The van der Waals surface area contributed by atoms with Crippen LogP contribution >= 0.6 is 0 Å². The van der Waals surface area contributed by atoms with Crippen molar-refractivity contribution in [1.82, 2.24) is 15.1 Å². The fourth-order valence-electron chi connectivity index (χ4n) is 2.58. The van der Waals surface area contributed by atoms with Gasteiger partial charge in [0.2, 0.25) is 0 Å². The van der Waals surface area contributed by atoms with Crippen molar-refractivity contribution < 1.29 is 9.90 Å². The number of urea groups is 1. The summed E-state index contributed by atoms with van der Waals surface area (Å²) in [6, 6.07) is -0.282. The first-order valence-electron chi connectivity index (χ1n) is 7.15. The lowest BCUT2D eigenvalue weighted by atomic mass is 9.97. The lowest BCUT2D eigenvalue weighted by Gasteiger charge is -2.28. The molecule has 1 heterocycles. The Labute approximate surface area is 119 Å². The Morgan fingerprint density at radius 2 is 2.15 bits per heavy atom. The van der Waals surface area contributed by atoms with Crippen LogP contribution in [-0.2, 0) is 6.54 Å². The molecule has 6 nitrogen and oxygen atoms in total. The lowest BCUT2D eigenvalue weighted by Crippen LogP contribution is -2.52. The number of nitrogens with one attached hydrogen (secondary N) is 2. The van der Waals surface area contributed by atoms with Crippen LogP contribution < -0.4 is 10.6 Å². The first-order chi connectivity index (χ1) is 9.41. The standard InChI is InChI=1S/C14H24N4O2/c1-5-18-10(3)12(9(2)17-18)15-13(20)16-14(4,8-19)11-6-7-11/h11,19H,5-8H2,1-4H3,(H2,15,16,20). The number of aryl methyl sites for hydroxylation is 2. The first-order valence-corrected chi connectivity index (χ1v) is 7.15. The van der Waals surface area contributed by atoms with E-state index in [1.807, 2.05) is 32.4 Å². The van der Waals surface area contributed by atoms with Gasteiger partial charge in [0.05, 0.1) is 29.2 Å². The zero-order valence-electron chi connectivity index (χ0n) is 12.7. The highest BCUT2D eigenvalue weighted by molar-refractivity contribution is 5.91. The normalized spacial score (nSPS) is 17.6. The van der Waals surface area contributed by atoms with Gasteiger partial charge in [-0.15, -0.1) is 0 Å². The SMILES string of the molecule is CCn1nc(C)c(NC(=O)NC(C)(CO)C2CC2)c1C. The maximum atomic E-state index is 12.2. The zero-order chi connectivity index (χ0) is 14.9. The third kappa shape index (κ3) is 2.80. The summed E-state index contributed by atoms with van der Waals surface area (Å²) < 4.78 is 1.86. The van der Waals surface area contributed by atoms with Crippen LogP contribution in [0, 0.1) is 19.8 Å². The monoisotopic (exact) mass is 280 g/mol.